The lowest BCUT2D eigenvalue weighted by Gasteiger charge is -2.38. The van der Waals surface area contributed by atoms with Crippen LogP contribution in [-0.2, 0) is 11.3 Å². The van der Waals surface area contributed by atoms with Crippen LogP contribution in [0.4, 0.5) is 4.39 Å². The highest BCUT2D eigenvalue weighted by molar-refractivity contribution is 5.86. The molecule has 1 aliphatic rings. The van der Waals surface area contributed by atoms with E-state index in [-0.39, 0.29) is 24.8 Å². The van der Waals surface area contributed by atoms with Gasteiger partial charge in [-0.05, 0) is 49.9 Å². The molecule has 140 valence electrons. The highest BCUT2D eigenvalue weighted by Gasteiger charge is 2.41. The standard InChI is InChI=1S/C19H29FN2O3/c1-14(2)7-9-21-13-19(24)8-4-10-22(18(19)23)12-15-11-16(25-3)5-6-17(15)20/h5-6,11,14,21,24H,4,7-10,12-13H2,1-3H3/t19-/m0/s1. The Morgan fingerprint density at radius 3 is 2.88 bits per heavy atom. The minimum atomic E-state index is -1.41. The average Bonchev–Trinajstić information content (AvgIpc) is 2.58. The van der Waals surface area contributed by atoms with Crippen molar-refractivity contribution in [3.05, 3.63) is 29.6 Å². The SMILES string of the molecule is COc1ccc(F)c(CN2CCC[C@](O)(CNCCC(C)C)C2=O)c1. The van der Waals surface area contributed by atoms with E-state index in [1.54, 1.807) is 12.1 Å². The number of amides is 1. The van der Waals surface area contributed by atoms with E-state index in [4.69, 9.17) is 4.74 Å². The molecule has 2 rings (SSSR count). The third kappa shape index (κ3) is 5.16. The molecule has 0 aliphatic carbocycles. The van der Waals surface area contributed by atoms with Crippen LogP contribution < -0.4 is 10.1 Å². The molecule has 1 aromatic carbocycles. The molecule has 5 nitrogen and oxygen atoms in total. The van der Waals surface area contributed by atoms with Gasteiger partial charge < -0.3 is 20.1 Å². The monoisotopic (exact) mass is 352 g/mol. The predicted molar refractivity (Wildman–Crippen MR) is 94.9 cm³/mol. The van der Waals surface area contributed by atoms with Crippen molar-refractivity contribution in [1.82, 2.24) is 10.2 Å². The Bertz CT molecular complexity index is 594. The highest BCUT2D eigenvalue weighted by atomic mass is 19.1. The molecule has 25 heavy (non-hydrogen) atoms. The molecule has 0 bridgehead atoms. The molecule has 0 spiro atoms. The lowest BCUT2D eigenvalue weighted by atomic mass is 9.91. The number of rotatable bonds is 8. The molecule has 1 saturated heterocycles. The number of carbonyl (C=O) groups excluding carboxylic acids is 1. The predicted octanol–water partition coefficient (Wildman–Crippen LogP) is 2.32. The van der Waals surface area contributed by atoms with Crippen molar-refractivity contribution >= 4 is 5.91 Å². The van der Waals surface area contributed by atoms with Crippen molar-refractivity contribution in [2.24, 2.45) is 5.92 Å². The van der Waals surface area contributed by atoms with Gasteiger partial charge in [0, 0.05) is 25.2 Å². The van der Waals surface area contributed by atoms with Gasteiger partial charge >= 0.3 is 0 Å². The van der Waals surface area contributed by atoms with E-state index in [0.29, 0.717) is 36.6 Å². The lowest BCUT2D eigenvalue weighted by molar-refractivity contribution is -0.157. The zero-order valence-corrected chi connectivity index (χ0v) is 15.3. The molecule has 1 aromatic rings. The second-order valence-electron chi connectivity index (χ2n) is 7.18. The number of hydrogen-bond acceptors (Lipinski definition) is 4. The summed E-state index contributed by atoms with van der Waals surface area (Å²) < 4.78 is 19.2. The Morgan fingerprint density at radius 1 is 1.44 bits per heavy atom. The van der Waals surface area contributed by atoms with Crippen molar-refractivity contribution in [2.45, 2.75) is 45.3 Å². The van der Waals surface area contributed by atoms with Gasteiger partial charge in [-0.2, -0.15) is 0 Å². The number of ether oxygens (including phenoxy) is 1. The van der Waals surface area contributed by atoms with E-state index in [1.807, 2.05) is 0 Å². The summed E-state index contributed by atoms with van der Waals surface area (Å²) in [7, 11) is 1.52. The van der Waals surface area contributed by atoms with Crippen molar-refractivity contribution in [3.8, 4) is 5.75 Å². The van der Waals surface area contributed by atoms with E-state index >= 15 is 0 Å². The van der Waals surface area contributed by atoms with Crippen LogP contribution in [0.15, 0.2) is 18.2 Å². The molecule has 1 amide bonds. The van der Waals surface area contributed by atoms with Gasteiger partial charge in [-0.25, -0.2) is 4.39 Å². The zero-order valence-electron chi connectivity index (χ0n) is 15.3. The quantitative estimate of drug-likeness (QED) is 0.705. The normalized spacial score (nSPS) is 21.0. The molecule has 0 aromatic heterocycles. The number of nitrogens with zero attached hydrogens (tertiary/aromatic N) is 1. The van der Waals surface area contributed by atoms with Crippen molar-refractivity contribution < 1.29 is 19.0 Å². The van der Waals surface area contributed by atoms with Crippen LogP contribution >= 0.6 is 0 Å². The number of hydrogen-bond donors (Lipinski definition) is 2. The largest absolute Gasteiger partial charge is 0.497 e. The van der Waals surface area contributed by atoms with Crippen LogP contribution in [0.3, 0.4) is 0 Å². The van der Waals surface area contributed by atoms with E-state index in [1.165, 1.54) is 18.1 Å². The lowest BCUT2D eigenvalue weighted by Crippen LogP contribution is -2.57. The van der Waals surface area contributed by atoms with Crippen LogP contribution in [0, 0.1) is 11.7 Å². The first-order valence-corrected chi connectivity index (χ1v) is 8.90. The van der Waals surface area contributed by atoms with Gasteiger partial charge in [-0.3, -0.25) is 4.79 Å². The smallest absolute Gasteiger partial charge is 0.256 e. The summed E-state index contributed by atoms with van der Waals surface area (Å²) in [6, 6.07) is 4.48. The zero-order chi connectivity index (χ0) is 18.4. The number of piperidine rings is 1. The first-order valence-electron chi connectivity index (χ1n) is 8.90. The molecular weight excluding hydrogens is 323 g/mol. The fraction of sp³-hybridized carbons (Fsp3) is 0.632. The number of benzene rings is 1. The summed E-state index contributed by atoms with van der Waals surface area (Å²) in [6.45, 7) is 5.91. The summed E-state index contributed by atoms with van der Waals surface area (Å²) in [6.07, 6.45) is 2.11. The van der Waals surface area contributed by atoms with Crippen molar-refractivity contribution in [3.63, 3.8) is 0 Å². The van der Waals surface area contributed by atoms with Crippen LogP contribution in [0.1, 0.15) is 38.7 Å². The van der Waals surface area contributed by atoms with Gasteiger partial charge in [-0.1, -0.05) is 13.8 Å². The molecule has 0 saturated carbocycles. The number of carbonyl (C=O) groups is 1. The Balaban J connectivity index is 2.01. The Hall–Kier alpha value is -1.66. The van der Waals surface area contributed by atoms with E-state index in [9.17, 15) is 14.3 Å². The first kappa shape index (κ1) is 19.7. The van der Waals surface area contributed by atoms with Gasteiger partial charge in [0.05, 0.1) is 7.11 Å². The third-order valence-corrected chi connectivity index (χ3v) is 4.63. The van der Waals surface area contributed by atoms with Gasteiger partial charge in [0.2, 0.25) is 0 Å². The van der Waals surface area contributed by atoms with Crippen LogP contribution in [0.5, 0.6) is 5.75 Å². The Morgan fingerprint density at radius 2 is 2.20 bits per heavy atom. The maximum atomic E-state index is 14.0. The number of aliphatic hydroxyl groups is 1. The maximum absolute atomic E-state index is 14.0. The van der Waals surface area contributed by atoms with Gasteiger partial charge in [0.25, 0.3) is 5.91 Å². The number of halogens is 1. The average molecular weight is 352 g/mol. The van der Waals surface area contributed by atoms with Crippen molar-refractivity contribution in [2.75, 3.05) is 26.7 Å². The fourth-order valence-electron chi connectivity index (χ4n) is 3.07. The summed E-state index contributed by atoms with van der Waals surface area (Å²) in [5, 5.41) is 13.9. The highest BCUT2D eigenvalue weighted by Crippen LogP contribution is 2.25. The molecule has 1 aliphatic heterocycles. The van der Waals surface area contributed by atoms with Gasteiger partial charge in [0.15, 0.2) is 5.60 Å². The third-order valence-electron chi connectivity index (χ3n) is 4.63. The van der Waals surface area contributed by atoms with Gasteiger partial charge in [0.1, 0.15) is 11.6 Å². The van der Waals surface area contributed by atoms with E-state index in [2.05, 4.69) is 19.2 Å². The van der Waals surface area contributed by atoms with E-state index < -0.39 is 5.60 Å². The Kier molecular flexibility index (Phi) is 6.79. The van der Waals surface area contributed by atoms with Crippen LogP contribution in [0.25, 0.3) is 0 Å². The molecule has 1 atom stereocenters. The van der Waals surface area contributed by atoms with Crippen LogP contribution in [0.2, 0.25) is 0 Å². The summed E-state index contributed by atoms with van der Waals surface area (Å²) in [5.41, 5.74) is -1.02. The second-order valence-corrected chi connectivity index (χ2v) is 7.18. The molecular formula is C19H29FN2O3. The molecule has 1 heterocycles. The Labute approximate surface area is 149 Å². The molecule has 2 N–H and O–H groups in total. The topological polar surface area (TPSA) is 61.8 Å². The molecule has 0 radical (unpaired) electrons. The number of methoxy groups -OCH3 is 1. The van der Waals surface area contributed by atoms with E-state index in [0.717, 1.165) is 13.0 Å². The molecule has 1 fully saturated rings. The summed E-state index contributed by atoms with van der Waals surface area (Å²) in [4.78, 5) is 14.3. The minimum absolute atomic E-state index is 0.135. The number of likely N-dealkylation sites (tertiary alicyclic amines) is 1. The molecule has 6 heteroatoms. The summed E-state index contributed by atoms with van der Waals surface area (Å²) >= 11 is 0. The number of nitrogens with one attached hydrogen (secondary N) is 1. The maximum Gasteiger partial charge on any atom is 0.256 e. The van der Waals surface area contributed by atoms with Gasteiger partial charge in [-0.15, -0.1) is 0 Å². The van der Waals surface area contributed by atoms with Crippen LogP contribution in [-0.4, -0.2) is 48.3 Å². The first-order chi connectivity index (χ1) is 11.9. The summed E-state index contributed by atoms with van der Waals surface area (Å²) in [5.74, 6) is 0.402. The minimum Gasteiger partial charge on any atom is -0.497 e. The van der Waals surface area contributed by atoms with Crippen molar-refractivity contribution in [1.29, 1.82) is 0 Å². The molecule has 0 unspecified atom stereocenters. The second kappa shape index (κ2) is 8.63. The fourth-order valence-corrected chi connectivity index (χ4v) is 3.07.